The Hall–Kier alpha value is -1.71. The van der Waals surface area contributed by atoms with Gasteiger partial charge in [0.2, 0.25) is 5.91 Å². The lowest BCUT2D eigenvalue weighted by molar-refractivity contribution is -0.118. The molecule has 13 heavy (non-hydrogen) atoms. The molecule has 2 rings (SSSR count). The number of anilines is 2. The summed E-state index contributed by atoms with van der Waals surface area (Å²) in [5, 5.41) is 6.19. The van der Waals surface area contributed by atoms with E-state index in [1.807, 2.05) is 24.3 Å². The van der Waals surface area contributed by atoms with Crippen LogP contribution in [0.5, 0.6) is 0 Å². The lowest BCUT2D eigenvalue weighted by Gasteiger charge is -2.25. The first-order valence-corrected chi connectivity index (χ1v) is 4.16. The molecule has 0 aromatic heterocycles. The van der Waals surface area contributed by atoms with E-state index in [2.05, 4.69) is 10.6 Å². The minimum absolute atomic E-state index is 0.310. The molecule has 0 fully saturated rings. The Morgan fingerprint density at radius 1 is 1.38 bits per heavy atom. The van der Waals surface area contributed by atoms with Crippen LogP contribution < -0.4 is 16.4 Å². The van der Waals surface area contributed by atoms with Crippen LogP contribution in [0, 0.1) is 0 Å². The third kappa shape index (κ3) is 1.42. The van der Waals surface area contributed by atoms with E-state index in [4.69, 9.17) is 5.73 Å². The van der Waals surface area contributed by atoms with Crippen LogP contribution in [0.3, 0.4) is 0 Å². The SMILES string of the molecule is NC(=O)[C@@H]1CNc2ccccc2N1. The van der Waals surface area contributed by atoms with E-state index < -0.39 is 0 Å². The fourth-order valence-corrected chi connectivity index (χ4v) is 1.39. The molecule has 0 saturated carbocycles. The van der Waals surface area contributed by atoms with Crippen LogP contribution in [0.15, 0.2) is 24.3 Å². The number of hydrogen-bond acceptors (Lipinski definition) is 3. The molecule has 1 aliphatic rings. The Morgan fingerprint density at radius 3 is 2.77 bits per heavy atom. The standard InChI is InChI=1S/C9H11N3O/c10-9(13)8-5-11-6-3-1-2-4-7(6)12-8/h1-4,8,11-12H,5H2,(H2,10,13)/t8-/m0/s1. The van der Waals surface area contributed by atoms with Gasteiger partial charge in [-0.3, -0.25) is 4.79 Å². The number of benzene rings is 1. The molecule has 0 saturated heterocycles. The van der Waals surface area contributed by atoms with Gasteiger partial charge in [0, 0.05) is 6.54 Å². The van der Waals surface area contributed by atoms with Crippen molar-refractivity contribution in [1.82, 2.24) is 0 Å². The van der Waals surface area contributed by atoms with E-state index in [-0.39, 0.29) is 11.9 Å². The van der Waals surface area contributed by atoms with Gasteiger partial charge in [-0.2, -0.15) is 0 Å². The van der Waals surface area contributed by atoms with Crippen molar-refractivity contribution in [2.45, 2.75) is 6.04 Å². The summed E-state index contributed by atoms with van der Waals surface area (Å²) >= 11 is 0. The zero-order chi connectivity index (χ0) is 9.26. The Bertz CT molecular complexity index is 337. The number of amides is 1. The van der Waals surface area contributed by atoms with Crippen LogP contribution in [0.2, 0.25) is 0 Å². The second-order valence-corrected chi connectivity index (χ2v) is 3.03. The number of nitrogens with one attached hydrogen (secondary N) is 2. The van der Waals surface area contributed by atoms with Crippen molar-refractivity contribution in [2.75, 3.05) is 17.2 Å². The summed E-state index contributed by atoms with van der Waals surface area (Å²) in [7, 11) is 0. The predicted molar refractivity (Wildman–Crippen MR) is 51.5 cm³/mol. The minimum Gasteiger partial charge on any atom is -0.381 e. The molecule has 0 bridgehead atoms. The molecule has 0 aliphatic carbocycles. The summed E-state index contributed by atoms with van der Waals surface area (Å²) < 4.78 is 0. The summed E-state index contributed by atoms with van der Waals surface area (Å²) in [4.78, 5) is 10.9. The molecule has 4 heteroatoms. The summed E-state index contributed by atoms with van der Waals surface area (Å²) in [5.74, 6) is -0.331. The maximum Gasteiger partial charge on any atom is 0.241 e. The van der Waals surface area contributed by atoms with Gasteiger partial charge < -0.3 is 16.4 Å². The van der Waals surface area contributed by atoms with E-state index in [9.17, 15) is 4.79 Å². The van der Waals surface area contributed by atoms with E-state index in [1.54, 1.807) is 0 Å². The second kappa shape index (κ2) is 2.97. The predicted octanol–water partition coefficient (Wildman–Crippen LogP) is 0.378. The lowest BCUT2D eigenvalue weighted by atomic mass is 10.1. The molecule has 1 aliphatic heterocycles. The quantitative estimate of drug-likeness (QED) is 0.581. The fourth-order valence-electron chi connectivity index (χ4n) is 1.39. The lowest BCUT2D eigenvalue weighted by Crippen LogP contribution is -2.43. The first kappa shape index (κ1) is 7.91. The van der Waals surface area contributed by atoms with Gasteiger partial charge >= 0.3 is 0 Å². The van der Waals surface area contributed by atoms with Crippen molar-refractivity contribution >= 4 is 17.3 Å². The minimum atomic E-state index is -0.331. The van der Waals surface area contributed by atoms with Gasteiger partial charge in [0.05, 0.1) is 11.4 Å². The average molecular weight is 177 g/mol. The van der Waals surface area contributed by atoms with Crippen LogP contribution in [0.4, 0.5) is 11.4 Å². The molecule has 0 unspecified atom stereocenters. The molecule has 68 valence electrons. The normalized spacial score (nSPS) is 19.5. The molecule has 4 nitrogen and oxygen atoms in total. The number of nitrogens with two attached hydrogens (primary N) is 1. The largest absolute Gasteiger partial charge is 0.381 e. The van der Waals surface area contributed by atoms with Crippen molar-refractivity contribution in [2.24, 2.45) is 5.73 Å². The van der Waals surface area contributed by atoms with Gasteiger partial charge in [-0.05, 0) is 12.1 Å². The highest BCUT2D eigenvalue weighted by atomic mass is 16.1. The van der Waals surface area contributed by atoms with Gasteiger partial charge in [-0.1, -0.05) is 12.1 Å². The molecular formula is C9H11N3O. The maximum atomic E-state index is 10.9. The number of fused-ring (bicyclic) bond motifs is 1. The monoisotopic (exact) mass is 177 g/mol. The van der Waals surface area contributed by atoms with Gasteiger partial charge in [0.25, 0.3) is 0 Å². The zero-order valence-corrected chi connectivity index (χ0v) is 7.08. The van der Waals surface area contributed by atoms with Crippen LogP contribution in [0.25, 0.3) is 0 Å². The Balaban J connectivity index is 2.24. The molecule has 0 spiro atoms. The van der Waals surface area contributed by atoms with Gasteiger partial charge in [-0.25, -0.2) is 0 Å². The summed E-state index contributed by atoms with van der Waals surface area (Å²) in [6, 6.07) is 7.42. The Kier molecular flexibility index (Phi) is 1.81. The van der Waals surface area contributed by atoms with E-state index in [0.717, 1.165) is 11.4 Å². The molecular weight excluding hydrogens is 166 g/mol. The number of primary amides is 1. The van der Waals surface area contributed by atoms with Crippen LogP contribution in [-0.2, 0) is 4.79 Å². The smallest absolute Gasteiger partial charge is 0.241 e. The van der Waals surface area contributed by atoms with Crippen molar-refractivity contribution < 1.29 is 4.79 Å². The Labute approximate surface area is 76.1 Å². The highest BCUT2D eigenvalue weighted by molar-refractivity contribution is 5.87. The first-order chi connectivity index (χ1) is 6.27. The van der Waals surface area contributed by atoms with Gasteiger partial charge in [-0.15, -0.1) is 0 Å². The highest BCUT2D eigenvalue weighted by Crippen LogP contribution is 2.24. The van der Waals surface area contributed by atoms with Crippen molar-refractivity contribution in [3.05, 3.63) is 24.3 Å². The molecule has 1 amide bonds. The average Bonchev–Trinajstić information content (AvgIpc) is 2.17. The topological polar surface area (TPSA) is 67.2 Å². The van der Waals surface area contributed by atoms with Crippen molar-refractivity contribution in [3.8, 4) is 0 Å². The number of carbonyl (C=O) groups excluding carboxylic acids is 1. The third-order valence-electron chi connectivity index (χ3n) is 2.10. The third-order valence-corrected chi connectivity index (χ3v) is 2.10. The van der Waals surface area contributed by atoms with Crippen molar-refractivity contribution in [1.29, 1.82) is 0 Å². The fraction of sp³-hybridized carbons (Fsp3) is 0.222. The Morgan fingerprint density at radius 2 is 2.08 bits per heavy atom. The maximum absolute atomic E-state index is 10.9. The number of hydrogen-bond donors (Lipinski definition) is 3. The number of rotatable bonds is 1. The molecule has 1 heterocycles. The summed E-state index contributed by atoms with van der Waals surface area (Å²) in [6.45, 7) is 0.548. The first-order valence-electron chi connectivity index (χ1n) is 4.16. The van der Waals surface area contributed by atoms with Gasteiger partial charge in [0.1, 0.15) is 6.04 Å². The summed E-state index contributed by atoms with van der Waals surface area (Å²) in [5.41, 5.74) is 7.13. The molecule has 1 aromatic rings. The van der Waals surface area contributed by atoms with Gasteiger partial charge in [0.15, 0.2) is 0 Å². The van der Waals surface area contributed by atoms with E-state index in [1.165, 1.54) is 0 Å². The number of carbonyl (C=O) groups is 1. The molecule has 1 atom stereocenters. The highest BCUT2D eigenvalue weighted by Gasteiger charge is 2.20. The molecule has 4 N–H and O–H groups in total. The second-order valence-electron chi connectivity index (χ2n) is 3.03. The van der Waals surface area contributed by atoms with E-state index >= 15 is 0 Å². The summed E-state index contributed by atoms with van der Waals surface area (Å²) in [6.07, 6.45) is 0. The molecule has 0 radical (unpaired) electrons. The van der Waals surface area contributed by atoms with Crippen LogP contribution >= 0.6 is 0 Å². The van der Waals surface area contributed by atoms with Crippen molar-refractivity contribution in [3.63, 3.8) is 0 Å². The van der Waals surface area contributed by atoms with E-state index in [0.29, 0.717) is 6.54 Å². The molecule has 1 aromatic carbocycles. The zero-order valence-electron chi connectivity index (χ0n) is 7.08. The van der Waals surface area contributed by atoms with Crippen LogP contribution in [-0.4, -0.2) is 18.5 Å². The number of para-hydroxylation sites is 2. The van der Waals surface area contributed by atoms with Crippen LogP contribution in [0.1, 0.15) is 0 Å².